The molecule has 1 aliphatic heterocycles. The molecule has 1 aliphatic rings. The quantitative estimate of drug-likeness (QED) is 0.777. The van der Waals surface area contributed by atoms with Gasteiger partial charge in [0.15, 0.2) is 0 Å². The van der Waals surface area contributed by atoms with Gasteiger partial charge in [-0.2, -0.15) is 0 Å². The fourth-order valence-corrected chi connectivity index (χ4v) is 2.64. The Kier molecular flexibility index (Phi) is 3.27. The number of hydrogen-bond donors (Lipinski definition) is 1. The lowest BCUT2D eigenvalue weighted by molar-refractivity contribution is 0.457. The molecule has 3 heteroatoms. The lowest BCUT2D eigenvalue weighted by Gasteiger charge is -2.25. The molecule has 1 saturated heterocycles. The van der Waals surface area contributed by atoms with Crippen LogP contribution < -0.4 is 5.32 Å². The molecular formula is C12H15ClFN. The number of piperidine rings is 1. The Morgan fingerprint density at radius 2 is 2.00 bits per heavy atom. The summed E-state index contributed by atoms with van der Waals surface area (Å²) in [6, 6.07) is 3.26. The Labute approximate surface area is 94.6 Å². The molecule has 0 saturated carbocycles. The normalized spacial score (nSPS) is 18.1. The summed E-state index contributed by atoms with van der Waals surface area (Å²) in [5, 5.41) is 3.62. The summed E-state index contributed by atoms with van der Waals surface area (Å²) in [6.45, 7) is 4.00. The maximum atomic E-state index is 13.4. The second kappa shape index (κ2) is 4.50. The average Bonchev–Trinajstić information content (AvgIpc) is 2.26. The van der Waals surface area contributed by atoms with Gasteiger partial charge in [0.2, 0.25) is 0 Å². The number of hydrogen-bond acceptors (Lipinski definition) is 1. The van der Waals surface area contributed by atoms with E-state index in [1.165, 1.54) is 6.07 Å². The number of benzene rings is 1. The van der Waals surface area contributed by atoms with Crippen molar-refractivity contribution in [3.63, 3.8) is 0 Å². The van der Waals surface area contributed by atoms with Crippen molar-refractivity contribution in [1.29, 1.82) is 0 Å². The Bertz CT molecular complexity index is 359. The highest BCUT2D eigenvalue weighted by Gasteiger charge is 2.21. The van der Waals surface area contributed by atoms with E-state index in [1.807, 2.05) is 13.0 Å². The highest BCUT2D eigenvalue weighted by atomic mass is 35.5. The van der Waals surface area contributed by atoms with Crippen LogP contribution in [0.25, 0.3) is 0 Å². The minimum atomic E-state index is -0.296. The van der Waals surface area contributed by atoms with E-state index in [1.54, 1.807) is 0 Å². The summed E-state index contributed by atoms with van der Waals surface area (Å²) >= 11 is 6.04. The van der Waals surface area contributed by atoms with Crippen molar-refractivity contribution < 1.29 is 4.39 Å². The molecule has 2 rings (SSSR count). The van der Waals surface area contributed by atoms with Crippen LogP contribution in [0.3, 0.4) is 0 Å². The fraction of sp³-hybridized carbons (Fsp3) is 0.500. The average molecular weight is 228 g/mol. The van der Waals surface area contributed by atoms with Crippen molar-refractivity contribution >= 4 is 11.6 Å². The number of aryl methyl sites for hydroxylation is 1. The summed E-state index contributed by atoms with van der Waals surface area (Å²) < 4.78 is 13.4. The molecule has 0 amide bonds. The van der Waals surface area contributed by atoms with Gasteiger partial charge < -0.3 is 5.32 Å². The van der Waals surface area contributed by atoms with E-state index in [0.29, 0.717) is 10.9 Å². The Morgan fingerprint density at radius 1 is 1.33 bits per heavy atom. The van der Waals surface area contributed by atoms with Gasteiger partial charge >= 0.3 is 0 Å². The Balaban J connectivity index is 2.36. The highest BCUT2D eigenvalue weighted by Crippen LogP contribution is 2.34. The van der Waals surface area contributed by atoms with Crippen LogP contribution in [-0.4, -0.2) is 13.1 Å². The Hall–Kier alpha value is -0.600. The largest absolute Gasteiger partial charge is 0.317 e. The minimum absolute atomic E-state index is 0.296. The van der Waals surface area contributed by atoms with E-state index in [0.717, 1.165) is 37.1 Å². The molecule has 0 unspecified atom stereocenters. The first-order valence-corrected chi connectivity index (χ1v) is 5.73. The van der Waals surface area contributed by atoms with Crippen LogP contribution >= 0.6 is 11.6 Å². The summed E-state index contributed by atoms with van der Waals surface area (Å²) in [5.41, 5.74) is 2.12. The second-order valence-corrected chi connectivity index (χ2v) is 4.49. The summed E-state index contributed by atoms with van der Waals surface area (Å²) in [4.78, 5) is 0. The van der Waals surface area contributed by atoms with Gasteiger partial charge in [-0.1, -0.05) is 17.7 Å². The molecule has 1 aromatic rings. The van der Waals surface area contributed by atoms with Crippen LogP contribution in [0.2, 0.25) is 5.02 Å². The maximum Gasteiger partial charge on any atom is 0.142 e. The molecule has 0 spiro atoms. The number of halogens is 2. The zero-order valence-electron chi connectivity index (χ0n) is 8.82. The lowest BCUT2D eigenvalue weighted by atomic mass is 9.87. The predicted octanol–water partition coefficient (Wildman–Crippen LogP) is 3.25. The molecule has 1 aromatic carbocycles. The molecule has 1 nitrogen and oxygen atoms in total. The lowest BCUT2D eigenvalue weighted by Crippen LogP contribution is -2.27. The smallest absolute Gasteiger partial charge is 0.142 e. The number of rotatable bonds is 1. The van der Waals surface area contributed by atoms with E-state index < -0.39 is 0 Å². The van der Waals surface area contributed by atoms with E-state index in [9.17, 15) is 4.39 Å². The molecule has 1 N–H and O–H groups in total. The van der Waals surface area contributed by atoms with Crippen molar-refractivity contribution in [3.8, 4) is 0 Å². The first-order valence-electron chi connectivity index (χ1n) is 5.35. The molecule has 82 valence electrons. The van der Waals surface area contributed by atoms with Crippen molar-refractivity contribution in [1.82, 2.24) is 5.32 Å². The third-order valence-electron chi connectivity index (χ3n) is 3.10. The minimum Gasteiger partial charge on any atom is -0.317 e. The SMILES string of the molecule is Cc1ccc(F)c(Cl)c1C1CCNCC1. The first kappa shape index (κ1) is 10.9. The van der Waals surface area contributed by atoms with Crippen LogP contribution in [0.5, 0.6) is 0 Å². The van der Waals surface area contributed by atoms with Crippen molar-refractivity contribution in [2.45, 2.75) is 25.7 Å². The van der Waals surface area contributed by atoms with E-state index in [2.05, 4.69) is 5.32 Å². The van der Waals surface area contributed by atoms with Crippen LogP contribution in [0.1, 0.15) is 29.9 Å². The summed E-state index contributed by atoms with van der Waals surface area (Å²) in [5.74, 6) is 0.116. The van der Waals surface area contributed by atoms with Crippen LogP contribution in [0.15, 0.2) is 12.1 Å². The standard InChI is InChI=1S/C12H15ClFN/c1-8-2-3-10(14)12(13)11(8)9-4-6-15-7-5-9/h2-3,9,15H,4-7H2,1H3. The van der Waals surface area contributed by atoms with E-state index in [4.69, 9.17) is 11.6 Å². The van der Waals surface area contributed by atoms with Gasteiger partial charge in [-0.3, -0.25) is 0 Å². The van der Waals surface area contributed by atoms with Gasteiger partial charge in [-0.15, -0.1) is 0 Å². The zero-order chi connectivity index (χ0) is 10.8. The van der Waals surface area contributed by atoms with Gasteiger partial charge in [0.1, 0.15) is 5.82 Å². The maximum absolute atomic E-state index is 13.4. The third-order valence-corrected chi connectivity index (χ3v) is 3.48. The molecule has 1 fully saturated rings. The van der Waals surface area contributed by atoms with Crippen LogP contribution in [0.4, 0.5) is 4.39 Å². The molecule has 0 atom stereocenters. The Morgan fingerprint density at radius 3 is 2.67 bits per heavy atom. The molecule has 0 aliphatic carbocycles. The molecule has 0 radical (unpaired) electrons. The van der Waals surface area contributed by atoms with Crippen molar-refractivity contribution in [2.24, 2.45) is 0 Å². The van der Waals surface area contributed by atoms with Gasteiger partial charge in [0, 0.05) is 0 Å². The van der Waals surface area contributed by atoms with Gasteiger partial charge in [0.05, 0.1) is 5.02 Å². The topological polar surface area (TPSA) is 12.0 Å². The number of nitrogens with one attached hydrogen (secondary N) is 1. The molecule has 0 bridgehead atoms. The van der Waals surface area contributed by atoms with Gasteiger partial charge in [-0.05, 0) is 56.0 Å². The molecule has 15 heavy (non-hydrogen) atoms. The second-order valence-electron chi connectivity index (χ2n) is 4.12. The molecule has 0 aromatic heterocycles. The predicted molar refractivity (Wildman–Crippen MR) is 61.0 cm³/mol. The fourth-order valence-electron chi connectivity index (χ4n) is 2.27. The summed E-state index contributed by atoms with van der Waals surface area (Å²) in [7, 11) is 0. The molecule has 1 heterocycles. The zero-order valence-corrected chi connectivity index (χ0v) is 9.57. The highest BCUT2D eigenvalue weighted by molar-refractivity contribution is 6.31. The molecular weight excluding hydrogens is 213 g/mol. The van der Waals surface area contributed by atoms with Crippen LogP contribution in [0, 0.1) is 12.7 Å². The van der Waals surface area contributed by atoms with Gasteiger partial charge in [-0.25, -0.2) is 4.39 Å². The van der Waals surface area contributed by atoms with E-state index in [-0.39, 0.29) is 5.82 Å². The summed E-state index contributed by atoms with van der Waals surface area (Å²) in [6.07, 6.45) is 2.09. The van der Waals surface area contributed by atoms with Crippen LogP contribution in [-0.2, 0) is 0 Å². The van der Waals surface area contributed by atoms with Gasteiger partial charge in [0.25, 0.3) is 0 Å². The monoisotopic (exact) mass is 227 g/mol. The van der Waals surface area contributed by atoms with Crippen molar-refractivity contribution in [3.05, 3.63) is 34.1 Å². The first-order chi connectivity index (χ1) is 7.20. The van der Waals surface area contributed by atoms with Crippen molar-refractivity contribution in [2.75, 3.05) is 13.1 Å². The van der Waals surface area contributed by atoms with E-state index >= 15 is 0 Å². The third kappa shape index (κ3) is 2.16.